The van der Waals surface area contributed by atoms with Crippen LogP contribution in [0.1, 0.15) is 19.3 Å². The fraction of sp³-hybridized carbons (Fsp3) is 0. The van der Waals surface area contributed by atoms with E-state index in [1.165, 1.54) is 65.4 Å². The maximum atomic E-state index is 12.9. The van der Waals surface area contributed by atoms with Crippen LogP contribution in [0.2, 0.25) is 0 Å². The van der Waals surface area contributed by atoms with Crippen LogP contribution in [0.3, 0.4) is 0 Å². The Hall–Kier alpha value is -4.75. The minimum absolute atomic E-state index is 0.0674. The normalized spacial score (nSPS) is 10.9. The zero-order chi connectivity index (χ0) is 25.4. The van der Waals surface area contributed by atoms with Gasteiger partial charge in [-0.2, -0.15) is 0 Å². The number of aromatic nitrogens is 1. The molecule has 0 spiro atoms. The van der Waals surface area contributed by atoms with Crippen molar-refractivity contribution >= 4 is 77.4 Å². The average molecular weight is 520 g/mol. The Morgan fingerprint density at radius 3 is 1.72 bits per heavy atom. The molecule has 0 saturated heterocycles. The van der Waals surface area contributed by atoms with Crippen molar-refractivity contribution in [2.75, 3.05) is 10.6 Å². The van der Waals surface area contributed by atoms with Crippen molar-refractivity contribution < 1.29 is 19.4 Å². The summed E-state index contributed by atoms with van der Waals surface area (Å²) in [6, 6.07) is 13.4. The number of non-ortho nitro benzene ring substituents is 2. The second-order valence-corrected chi connectivity index (χ2v) is 9.68. The third-order valence-corrected chi connectivity index (χ3v) is 7.42. The van der Waals surface area contributed by atoms with Crippen LogP contribution in [0, 0.1) is 20.2 Å². The third kappa shape index (κ3) is 4.47. The Balaban J connectivity index is 1.36. The molecule has 0 saturated carbocycles. The lowest BCUT2D eigenvalue weighted by Gasteiger charge is -2.10. The number of nitrogens with zero attached hydrogens (tertiary/aromatic N) is 3. The van der Waals surface area contributed by atoms with Gasteiger partial charge in [0.25, 0.3) is 23.2 Å². The molecule has 36 heavy (non-hydrogen) atoms. The molecule has 13 heteroatoms. The second kappa shape index (κ2) is 9.13. The zero-order valence-corrected chi connectivity index (χ0v) is 19.6. The van der Waals surface area contributed by atoms with Gasteiger partial charge in [-0.05, 0) is 30.3 Å². The number of carbonyl (C=O) groups excluding carboxylic acids is 2. The molecule has 0 aliphatic rings. The highest BCUT2D eigenvalue weighted by molar-refractivity contribution is 7.21. The van der Waals surface area contributed by atoms with Crippen molar-refractivity contribution in [3.05, 3.63) is 97.0 Å². The van der Waals surface area contributed by atoms with Gasteiger partial charge in [0.2, 0.25) is 0 Å². The van der Waals surface area contributed by atoms with E-state index in [1.807, 2.05) is 0 Å². The summed E-state index contributed by atoms with van der Waals surface area (Å²) < 4.78 is 1.44. The first kappa shape index (κ1) is 23.0. The van der Waals surface area contributed by atoms with Gasteiger partial charge in [-0.25, -0.2) is 0 Å². The number of nitrogens with one attached hydrogen (secondary N) is 2. The van der Waals surface area contributed by atoms with Gasteiger partial charge in [0, 0.05) is 50.6 Å². The molecule has 5 aromatic rings. The monoisotopic (exact) mass is 519 g/mol. The highest BCUT2D eigenvalue weighted by atomic mass is 32.1. The van der Waals surface area contributed by atoms with E-state index in [9.17, 15) is 29.8 Å². The van der Waals surface area contributed by atoms with Crippen LogP contribution in [0.5, 0.6) is 0 Å². The summed E-state index contributed by atoms with van der Waals surface area (Å²) in [7, 11) is 0. The van der Waals surface area contributed by atoms with Crippen molar-refractivity contribution in [2.24, 2.45) is 0 Å². The molecule has 11 nitrogen and oxygen atoms in total. The summed E-state index contributed by atoms with van der Waals surface area (Å²) in [5.41, 5.74) is 0.433. The molecule has 0 radical (unpaired) electrons. The number of thiophene rings is 2. The van der Waals surface area contributed by atoms with Gasteiger partial charge >= 0.3 is 0 Å². The van der Waals surface area contributed by atoms with E-state index in [0.717, 1.165) is 9.40 Å². The van der Waals surface area contributed by atoms with Crippen LogP contribution in [-0.4, -0.2) is 26.6 Å². The molecule has 5 rings (SSSR count). The standard InChI is InChI=1S/C23H13N5O6S2/c29-22(20-9-12-7-14(27(31)32)1-3-18(12)35-20)25-16-5-6-24-11-17(16)26-23(30)21-10-13-8-15(28(33)34)2-4-19(13)36-21/h1-11H,(H,26,30)(H,24,25,29). The highest BCUT2D eigenvalue weighted by Crippen LogP contribution is 2.32. The van der Waals surface area contributed by atoms with E-state index in [1.54, 1.807) is 24.3 Å². The molecule has 0 unspecified atom stereocenters. The lowest BCUT2D eigenvalue weighted by molar-refractivity contribution is -0.384. The first-order valence-electron chi connectivity index (χ1n) is 10.2. The SMILES string of the molecule is O=C(Nc1ccncc1NC(=O)c1cc2cc([N+](=O)[O-])ccc2s1)c1cc2cc([N+](=O)[O-])ccc2s1. The summed E-state index contributed by atoms with van der Waals surface area (Å²) in [6.07, 6.45) is 2.85. The van der Waals surface area contributed by atoms with E-state index in [0.29, 0.717) is 26.2 Å². The molecule has 2 N–H and O–H groups in total. The maximum Gasteiger partial charge on any atom is 0.270 e. The van der Waals surface area contributed by atoms with Gasteiger partial charge < -0.3 is 10.6 Å². The van der Waals surface area contributed by atoms with Crippen molar-refractivity contribution in [3.8, 4) is 0 Å². The fourth-order valence-corrected chi connectivity index (χ4v) is 5.36. The smallest absolute Gasteiger partial charge is 0.270 e. The van der Waals surface area contributed by atoms with Crippen LogP contribution in [0.15, 0.2) is 67.0 Å². The zero-order valence-electron chi connectivity index (χ0n) is 18.0. The number of amides is 2. The number of pyridine rings is 1. The van der Waals surface area contributed by atoms with E-state index >= 15 is 0 Å². The second-order valence-electron chi connectivity index (χ2n) is 7.51. The number of hydrogen-bond acceptors (Lipinski definition) is 9. The third-order valence-electron chi connectivity index (χ3n) is 5.19. The van der Waals surface area contributed by atoms with Crippen molar-refractivity contribution in [1.82, 2.24) is 4.98 Å². The molecule has 2 aromatic carbocycles. The molecule has 3 heterocycles. The maximum absolute atomic E-state index is 12.9. The summed E-state index contributed by atoms with van der Waals surface area (Å²) in [4.78, 5) is 51.5. The van der Waals surface area contributed by atoms with Gasteiger partial charge in [-0.3, -0.25) is 34.8 Å². The number of rotatable bonds is 6. The Bertz CT molecular complexity index is 1590. The largest absolute Gasteiger partial charge is 0.319 e. The average Bonchev–Trinajstić information content (AvgIpc) is 3.48. The van der Waals surface area contributed by atoms with E-state index < -0.39 is 21.7 Å². The summed E-state index contributed by atoms with van der Waals surface area (Å²) in [5, 5.41) is 28.6. The predicted octanol–water partition coefficient (Wildman–Crippen LogP) is 5.83. The van der Waals surface area contributed by atoms with Crippen LogP contribution in [-0.2, 0) is 0 Å². The highest BCUT2D eigenvalue weighted by Gasteiger charge is 2.18. The van der Waals surface area contributed by atoms with Gasteiger partial charge in [-0.15, -0.1) is 22.7 Å². The molecule has 0 fully saturated rings. The molecular formula is C23H13N5O6S2. The molecule has 0 aliphatic heterocycles. The number of carbonyl (C=O) groups is 2. The van der Waals surface area contributed by atoms with E-state index in [4.69, 9.17) is 0 Å². The first-order chi connectivity index (χ1) is 17.3. The van der Waals surface area contributed by atoms with Gasteiger partial charge in [0.1, 0.15) is 0 Å². The number of fused-ring (bicyclic) bond motifs is 2. The van der Waals surface area contributed by atoms with Crippen molar-refractivity contribution in [1.29, 1.82) is 0 Å². The lowest BCUT2D eigenvalue weighted by atomic mass is 10.2. The lowest BCUT2D eigenvalue weighted by Crippen LogP contribution is -2.15. The minimum atomic E-state index is -0.501. The van der Waals surface area contributed by atoms with Gasteiger partial charge in [0.05, 0.1) is 37.2 Å². The summed E-state index contributed by atoms with van der Waals surface area (Å²) in [6.45, 7) is 0. The number of hydrogen-bond donors (Lipinski definition) is 2. The topological polar surface area (TPSA) is 157 Å². The number of nitro benzene ring substituents is 2. The first-order valence-corrected chi connectivity index (χ1v) is 11.8. The molecule has 0 aliphatic carbocycles. The van der Waals surface area contributed by atoms with E-state index in [-0.39, 0.29) is 17.1 Å². The van der Waals surface area contributed by atoms with Gasteiger partial charge in [-0.1, -0.05) is 0 Å². The van der Waals surface area contributed by atoms with Crippen LogP contribution in [0.4, 0.5) is 22.7 Å². The Morgan fingerprint density at radius 2 is 1.22 bits per heavy atom. The van der Waals surface area contributed by atoms with Crippen molar-refractivity contribution in [2.45, 2.75) is 0 Å². The number of anilines is 2. The fourth-order valence-electron chi connectivity index (χ4n) is 3.48. The number of nitro groups is 2. The molecule has 3 aromatic heterocycles. The van der Waals surface area contributed by atoms with Crippen molar-refractivity contribution in [3.63, 3.8) is 0 Å². The Kier molecular flexibility index (Phi) is 5.83. The number of benzene rings is 2. The van der Waals surface area contributed by atoms with Gasteiger partial charge in [0.15, 0.2) is 0 Å². The van der Waals surface area contributed by atoms with Crippen LogP contribution >= 0.6 is 22.7 Å². The molecule has 2 amide bonds. The Morgan fingerprint density at radius 1 is 0.722 bits per heavy atom. The molecule has 0 bridgehead atoms. The summed E-state index contributed by atoms with van der Waals surface area (Å²) in [5.74, 6) is -0.911. The predicted molar refractivity (Wildman–Crippen MR) is 137 cm³/mol. The Labute approximate surface area is 209 Å². The van der Waals surface area contributed by atoms with E-state index in [2.05, 4.69) is 15.6 Å². The van der Waals surface area contributed by atoms with Crippen LogP contribution in [0.25, 0.3) is 20.2 Å². The molecule has 178 valence electrons. The molecule has 0 atom stereocenters. The quantitative estimate of drug-likeness (QED) is 0.211. The molecular weight excluding hydrogens is 506 g/mol. The minimum Gasteiger partial charge on any atom is -0.319 e. The summed E-state index contributed by atoms with van der Waals surface area (Å²) >= 11 is 2.36. The van der Waals surface area contributed by atoms with Crippen LogP contribution < -0.4 is 10.6 Å².